The maximum atomic E-state index is 12.9. The summed E-state index contributed by atoms with van der Waals surface area (Å²) in [7, 11) is 1.60. The van der Waals surface area contributed by atoms with Crippen LogP contribution in [0.3, 0.4) is 0 Å². The number of rotatable bonds is 3. The van der Waals surface area contributed by atoms with Crippen molar-refractivity contribution in [2.24, 2.45) is 7.05 Å². The first-order chi connectivity index (χ1) is 8.99. The minimum atomic E-state index is -0.607. The van der Waals surface area contributed by atoms with Crippen LogP contribution < -0.4 is 5.73 Å². The lowest BCUT2D eigenvalue weighted by molar-refractivity contribution is 0.0460. The Morgan fingerprint density at radius 2 is 2.26 bits per heavy atom. The number of carbonyl (C=O) groups excluding carboxylic acids is 1. The fourth-order valence-corrected chi connectivity index (χ4v) is 1.67. The van der Waals surface area contributed by atoms with Crippen molar-refractivity contribution in [2.45, 2.75) is 13.5 Å². The lowest BCUT2D eigenvalue weighted by Crippen LogP contribution is -2.12. The van der Waals surface area contributed by atoms with Crippen molar-refractivity contribution in [3.8, 4) is 0 Å². The molecule has 0 fully saturated rings. The normalized spacial score (nSPS) is 10.5. The van der Waals surface area contributed by atoms with Gasteiger partial charge in [-0.05, 0) is 13.0 Å². The molecule has 0 saturated carbocycles. The van der Waals surface area contributed by atoms with E-state index in [-0.39, 0.29) is 18.0 Å². The first-order valence-corrected chi connectivity index (χ1v) is 5.54. The molecule has 0 aromatic carbocycles. The Balaban J connectivity index is 2.10. The highest BCUT2D eigenvalue weighted by Gasteiger charge is 2.19. The number of hydrogen-bond donors (Lipinski definition) is 1. The highest BCUT2D eigenvalue weighted by molar-refractivity contribution is 5.93. The third kappa shape index (κ3) is 2.70. The number of pyridine rings is 1. The first-order valence-electron chi connectivity index (χ1n) is 5.54. The van der Waals surface area contributed by atoms with Gasteiger partial charge in [0.25, 0.3) is 0 Å². The first kappa shape index (κ1) is 13.0. The third-order valence-electron chi connectivity index (χ3n) is 2.59. The van der Waals surface area contributed by atoms with Gasteiger partial charge in [0, 0.05) is 18.8 Å². The molecule has 2 aromatic rings. The van der Waals surface area contributed by atoms with Gasteiger partial charge in [-0.2, -0.15) is 5.10 Å². The summed E-state index contributed by atoms with van der Waals surface area (Å²) in [6.07, 6.45) is 2.50. The topological polar surface area (TPSA) is 83.0 Å². The van der Waals surface area contributed by atoms with Crippen LogP contribution >= 0.6 is 0 Å². The van der Waals surface area contributed by atoms with Gasteiger partial charge in [-0.1, -0.05) is 0 Å². The van der Waals surface area contributed by atoms with Crippen LogP contribution in [0.25, 0.3) is 0 Å². The molecule has 2 N–H and O–H groups in total. The van der Waals surface area contributed by atoms with Crippen LogP contribution in [0, 0.1) is 12.7 Å². The molecule has 0 amide bonds. The maximum absolute atomic E-state index is 12.9. The Hall–Kier alpha value is -2.44. The predicted molar refractivity (Wildman–Crippen MR) is 65.7 cm³/mol. The van der Waals surface area contributed by atoms with Crippen LogP contribution in [0.15, 0.2) is 18.5 Å². The van der Waals surface area contributed by atoms with Crippen molar-refractivity contribution in [3.63, 3.8) is 0 Å². The number of nitrogens with two attached hydrogens (primary N) is 1. The Morgan fingerprint density at radius 1 is 1.53 bits per heavy atom. The zero-order valence-electron chi connectivity index (χ0n) is 10.6. The Morgan fingerprint density at radius 3 is 2.84 bits per heavy atom. The minimum absolute atomic E-state index is 0.0761. The van der Waals surface area contributed by atoms with Crippen LogP contribution in [-0.2, 0) is 18.4 Å². The standard InChI is InChI=1S/C12H13FN4O2/c1-7-10(14)11(17(2)16-7)12(18)19-6-8-3-9(13)5-15-4-8/h3-5H,6,14H2,1-2H3. The molecule has 2 aromatic heterocycles. The van der Waals surface area contributed by atoms with Crippen molar-refractivity contribution in [1.82, 2.24) is 14.8 Å². The van der Waals surface area contributed by atoms with E-state index in [1.807, 2.05) is 0 Å². The van der Waals surface area contributed by atoms with E-state index in [4.69, 9.17) is 10.5 Å². The molecule has 0 radical (unpaired) electrons. The number of nitrogen functional groups attached to an aromatic ring is 1. The van der Waals surface area contributed by atoms with Crippen LogP contribution in [-0.4, -0.2) is 20.7 Å². The van der Waals surface area contributed by atoms with E-state index in [1.165, 1.54) is 16.9 Å². The summed E-state index contributed by atoms with van der Waals surface area (Å²) in [5, 5.41) is 4.02. The van der Waals surface area contributed by atoms with Crippen molar-refractivity contribution in [2.75, 3.05) is 5.73 Å². The smallest absolute Gasteiger partial charge is 0.359 e. The highest BCUT2D eigenvalue weighted by atomic mass is 19.1. The molecule has 100 valence electrons. The van der Waals surface area contributed by atoms with E-state index in [1.54, 1.807) is 14.0 Å². The minimum Gasteiger partial charge on any atom is -0.456 e. The Kier molecular flexibility index (Phi) is 3.46. The van der Waals surface area contributed by atoms with E-state index in [0.29, 0.717) is 11.3 Å². The van der Waals surface area contributed by atoms with Crippen molar-refractivity contribution < 1.29 is 13.9 Å². The SMILES string of the molecule is Cc1nn(C)c(C(=O)OCc2cncc(F)c2)c1N. The summed E-state index contributed by atoms with van der Waals surface area (Å²) in [5.74, 6) is -1.09. The summed E-state index contributed by atoms with van der Waals surface area (Å²) in [5.41, 5.74) is 7.23. The molecule has 0 aliphatic carbocycles. The van der Waals surface area contributed by atoms with E-state index >= 15 is 0 Å². The summed E-state index contributed by atoms with van der Waals surface area (Å²) < 4.78 is 19.3. The molecule has 0 aliphatic heterocycles. The lowest BCUT2D eigenvalue weighted by atomic mass is 10.3. The number of anilines is 1. The number of carbonyl (C=O) groups is 1. The Bertz CT molecular complexity index is 624. The second-order valence-electron chi connectivity index (χ2n) is 4.06. The summed E-state index contributed by atoms with van der Waals surface area (Å²) >= 11 is 0. The van der Waals surface area contributed by atoms with Crippen LogP contribution in [0.4, 0.5) is 10.1 Å². The van der Waals surface area contributed by atoms with Gasteiger partial charge in [0.15, 0.2) is 5.69 Å². The zero-order chi connectivity index (χ0) is 14.0. The molecule has 0 saturated heterocycles. The number of halogens is 1. The van der Waals surface area contributed by atoms with E-state index in [0.717, 1.165) is 6.20 Å². The monoisotopic (exact) mass is 264 g/mol. The third-order valence-corrected chi connectivity index (χ3v) is 2.59. The van der Waals surface area contributed by atoms with Gasteiger partial charge in [0.2, 0.25) is 0 Å². The molecule has 0 bridgehead atoms. The summed E-state index contributed by atoms with van der Waals surface area (Å²) in [6, 6.07) is 1.25. The number of aromatic nitrogens is 3. The molecule has 0 spiro atoms. The van der Waals surface area contributed by atoms with Crippen LogP contribution in [0.2, 0.25) is 0 Å². The van der Waals surface area contributed by atoms with Gasteiger partial charge >= 0.3 is 5.97 Å². The average molecular weight is 264 g/mol. The van der Waals surface area contributed by atoms with Gasteiger partial charge in [0.1, 0.15) is 12.4 Å². The maximum Gasteiger partial charge on any atom is 0.359 e. The molecule has 0 atom stereocenters. The zero-order valence-corrected chi connectivity index (χ0v) is 10.6. The van der Waals surface area contributed by atoms with Gasteiger partial charge in [-0.15, -0.1) is 0 Å². The molecule has 0 unspecified atom stereocenters. The van der Waals surface area contributed by atoms with E-state index in [2.05, 4.69) is 10.1 Å². The predicted octanol–water partition coefficient (Wildman–Crippen LogP) is 1.20. The lowest BCUT2D eigenvalue weighted by Gasteiger charge is -2.05. The number of ether oxygens (including phenoxy) is 1. The summed E-state index contributed by atoms with van der Waals surface area (Å²) in [6.45, 7) is 1.62. The summed E-state index contributed by atoms with van der Waals surface area (Å²) in [4.78, 5) is 15.5. The number of hydrogen-bond acceptors (Lipinski definition) is 5. The molecule has 7 heteroatoms. The number of aryl methyl sites for hydroxylation is 2. The number of nitrogens with zero attached hydrogens (tertiary/aromatic N) is 3. The molecular weight excluding hydrogens is 251 g/mol. The van der Waals surface area contributed by atoms with Gasteiger partial charge in [0.05, 0.1) is 17.6 Å². The van der Waals surface area contributed by atoms with Gasteiger partial charge < -0.3 is 10.5 Å². The van der Waals surface area contributed by atoms with Crippen LogP contribution in [0.5, 0.6) is 0 Å². The molecule has 2 rings (SSSR count). The molecule has 19 heavy (non-hydrogen) atoms. The second kappa shape index (κ2) is 5.05. The molecule has 0 aliphatic rings. The molecular formula is C12H13FN4O2. The molecule has 2 heterocycles. The Labute approximate surface area is 109 Å². The van der Waals surface area contributed by atoms with Crippen LogP contribution in [0.1, 0.15) is 21.7 Å². The second-order valence-corrected chi connectivity index (χ2v) is 4.06. The quantitative estimate of drug-likeness (QED) is 0.842. The van der Waals surface area contributed by atoms with Gasteiger partial charge in [-0.25, -0.2) is 9.18 Å². The van der Waals surface area contributed by atoms with E-state index < -0.39 is 11.8 Å². The molecule has 6 nitrogen and oxygen atoms in total. The number of esters is 1. The fourth-order valence-electron chi connectivity index (χ4n) is 1.67. The van der Waals surface area contributed by atoms with Crippen molar-refractivity contribution in [3.05, 3.63) is 41.2 Å². The van der Waals surface area contributed by atoms with Gasteiger partial charge in [-0.3, -0.25) is 9.67 Å². The average Bonchev–Trinajstić information content (AvgIpc) is 2.61. The van der Waals surface area contributed by atoms with E-state index in [9.17, 15) is 9.18 Å². The highest BCUT2D eigenvalue weighted by Crippen LogP contribution is 2.16. The fraction of sp³-hybridized carbons (Fsp3) is 0.250. The van der Waals surface area contributed by atoms with Crippen molar-refractivity contribution in [1.29, 1.82) is 0 Å². The largest absolute Gasteiger partial charge is 0.456 e. The van der Waals surface area contributed by atoms with Crippen molar-refractivity contribution >= 4 is 11.7 Å².